The number of halogens is 2. The van der Waals surface area contributed by atoms with E-state index in [1.165, 1.54) is 13.2 Å². The molecule has 0 unspecified atom stereocenters. The Balaban J connectivity index is 1.78. The summed E-state index contributed by atoms with van der Waals surface area (Å²) in [6.45, 7) is 2.24. The van der Waals surface area contributed by atoms with Gasteiger partial charge in [0.15, 0.2) is 11.6 Å². The van der Waals surface area contributed by atoms with Crippen LogP contribution in [0.5, 0.6) is 5.75 Å². The average Bonchev–Trinajstić information content (AvgIpc) is 2.96. The highest BCUT2D eigenvalue weighted by Gasteiger charge is 2.17. The number of ether oxygens (including phenoxy) is 3. The number of hydrogen-bond acceptors (Lipinski definition) is 5. The Labute approximate surface area is 131 Å². The summed E-state index contributed by atoms with van der Waals surface area (Å²) < 4.78 is 31.3. The lowest BCUT2D eigenvalue weighted by molar-refractivity contribution is -0.0947. The van der Waals surface area contributed by atoms with Crippen LogP contribution in [0.4, 0.5) is 4.39 Å². The fourth-order valence-electron chi connectivity index (χ4n) is 2.27. The standard InChI is InChI=1S/C14H15ClFN3O3/c1-20-14-11(15)4-9(5-12(14)16)13-7-19(18-17-13)6-10-8-21-2-3-22-10/h4-5,7,10H,2-3,6,8H2,1H3/t10-/m0/s1. The van der Waals surface area contributed by atoms with E-state index in [-0.39, 0.29) is 16.9 Å². The molecule has 0 bridgehead atoms. The highest BCUT2D eigenvalue weighted by Crippen LogP contribution is 2.32. The van der Waals surface area contributed by atoms with E-state index in [0.717, 1.165) is 0 Å². The van der Waals surface area contributed by atoms with Gasteiger partial charge in [0.25, 0.3) is 0 Å². The monoisotopic (exact) mass is 327 g/mol. The van der Waals surface area contributed by atoms with Gasteiger partial charge < -0.3 is 14.2 Å². The van der Waals surface area contributed by atoms with E-state index in [9.17, 15) is 4.39 Å². The van der Waals surface area contributed by atoms with Crippen LogP contribution < -0.4 is 4.74 Å². The molecule has 0 N–H and O–H groups in total. The molecule has 3 rings (SSSR count). The lowest BCUT2D eigenvalue weighted by Crippen LogP contribution is -2.32. The van der Waals surface area contributed by atoms with Crippen molar-refractivity contribution < 1.29 is 18.6 Å². The molecule has 1 saturated heterocycles. The van der Waals surface area contributed by atoms with Crippen LogP contribution >= 0.6 is 11.6 Å². The first-order chi connectivity index (χ1) is 10.7. The first kappa shape index (κ1) is 15.2. The zero-order chi connectivity index (χ0) is 15.5. The van der Waals surface area contributed by atoms with E-state index in [1.54, 1.807) is 16.9 Å². The van der Waals surface area contributed by atoms with Crippen LogP contribution in [0, 0.1) is 5.82 Å². The van der Waals surface area contributed by atoms with Gasteiger partial charge in [0, 0.05) is 5.56 Å². The Hall–Kier alpha value is -1.70. The first-order valence-corrected chi connectivity index (χ1v) is 7.18. The summed E-state index contributed by atoms with van der Waals surface area (Å²) in [4.78, 5) is 0. The summed E-state index contributed by atoms with van der Waals surface area (Å²) in [6.07, 6.45) is 1.66. The fourth-order valence-corrected chi connectivity index (χ4v) is 2.56. The van der Waals surface area contributed by atoms with Crippen molar-refractivity contribution in [2.75, 3.05) is 26.9 Å². The SMILES string of the molecule is COc1c(F)cc(-c2cn(C[C@H]3COCCO3)nn2)cc1Cl. The molecule has 0 radical (unpaired) electrons. The number of benzene rings is 1. The minimum Gasteiger partial charge on any atom is -0.492 e. The Morgan fingerprint density at radius 1 is 1.45 bits per heavy atom. The molecule has 118 valence electrons. The predicted octanol–water partition coefficient (Wildman–Crippen LogP) is 2.16. The summed E-state index contributed by atoms with van der Waals surface area (Å²) in [5.74, 6) is -0.519. The second-order valence-corrected chi connectivity index (χ2v) is 5.27. The highest BCUT2D eigenvalue weighted by atomic mass is 35.5. The summed E-state index contributed by atoms with van der Waals surface area (Å²) in [6, 6.07) is 2.91. The van der Waals surface area contributed by atoms with Crippen molar-refractivity contribution in [3.63, 3.8) is 0 Å². The summed E-state index contributed by atoms with van der Waals surface area (Å²) in [5.41, 5.74) is 1.07. The van der Waals surface area contributed by atoms with Crippen LogP contribution in [-0.4, -0.2) is 48.0 Å². The Kier molecular flexibility index (Phi) is 4.56. The third-order valence-electron chi connectivity index (χ3n) is 3.31. The van der Waals surface area contributed by atoms with E-state index in [1.807, 2.05) is 0 Å². The molecule has 8 heteroatoms. The van der Waals surface area contributed by atoms with Crippen molar-refractivity contribution in [3.8, 4) is 17.0 Å². The molecule has 2 aromatic rings. The maximum atomic E-state index is 13.9. The minimum absolute atomic E-state index is 0.0190. The number of rotatable bonds is 4. The van der Waals surface area contributed by atoms with Crippen molar-refractivity contribution >= 4 is 11.6 Å². The smallest absolute Gasteiger partial charge is 0.173 e. The van der Waals surface area contributed by atoms with Crippen molar-refractivity contribution in [2.24, 2.45) is 0 Å². The van der Waals surface area contributed by atoms with Crippen LogP contribution in [-0.2, 0) is 16.0 Å². The van der Waals surface area contributed by atoms with E-state index in [4.69, 9.17) is 25.8 Å². The zero-order valence-corrected chi connectivity index (χ0v) is 12.7. The molecule has 22 heavy (non-hydrogen) atoms. The molecule has 6 nitrogen and oxygen atoms in total. The van der Waals surface area contributed by atoms with E-state index in [2.05, 4.69) is 10.3 Å². The first-order valence-electron chi connectivity index (χ1n) is 6.80. The van der Waals surface area contributed by atoms with Gasteiger partial charge in [-0.1, -0.05) is 16.8 Å². The Bertz CT molecular complexity index is 636. The second-order valence-electron chi connectivity index (χ2n) is 4.87. The molecule has 1 aromatic heterocycles. The lowest BCUT2D eigenvalue weighted by atomic mass is 10.1. The fraction of sp³-hybridized carbons (Fsp3) is 0.429. The van der Waals surface area contributed by atoms with Gasteiger partial charge in [-0.25, -0.2) is 9.07 Å². The van der Waals surface area contributed by atoms with Gasteiger partial charge in [-0.05, 0) is 12.1 Å². The van der Waals surface area contributed by atoms with Crippen molar-refractivity contribution in [2.45, 2.75) is 12.6 Å². The van der Waals surface area contributed by atoms with E-state index >= 15 is 0 Å². The normalized spacial score (nSPS) is 18.4. The zero-order valence-electron chi connectivity index (χ0n) is 12.0. The number of methoxy groups -OCH3 is 1. The maximum Gasteiger partial charge on any atom is 0.173 e. The molecule has 1 fully saturated rings. The van der Waals surface area contributed by atoms with Crippen LogP contribution in [0.1, 0.15) is 0 Å². The number of aromatic nitrogens is 3. The van der Waals surface area contributed by atoms with E-state index in [0.29, 0.717) is 37.6 Å². The van der Waals surface area contributed by atoms with Gasteiger partial charge in [0.2, 0.25) is 0 Å². The molecule has 1 aliphatic rings. The molecular weight excluding hydrogens is 313 g/mol. The van der Waals surface area contributed by atoms with E-state index < -0.39 is 5.82 Å². The topological polar surface area (TPSA) is 58.4 Å². The molecule has 1 aliphatic heterocycles. The molecule has 0 spiro atoms. The summed E-state index contributed by atoms with van der Waals surface area (Å²) in [7, 11) is 1.37. The second kappa shape index (κ2) is 6.60. The Morgan fingerprint density at radius 2 is 2.32 bits per heavy atom. The molecule has 0 aliphatic carbocycles. The van der Waals surface area contributed by atoms with Gasteiger partial charge in [-0.2, -0.15) is 0 Å². The van der Waals surface area contributed by atoms with Crippen molar-refractivity contribution in [3.05, 3.63) is 29.2 Å². The molecular formula is C14H15ClFN3O3. The van der Waals surface area contributed by atoms with Crippen LogP contribution in [0.3, 0.4) is 0 Å². The van der Waals surface area contributed by atoms with Gasteiger partial charge in [0.1, 0.15) is 11.8 Å². The van der Waals surface area contributed by atoms with Crippen molar-refractivity contribution in [1.29, 1.82) is 0 Å². The van der Waals surface area contributed by atoms with Crippen LogP contribution in [0.25, 0.3) is 11.3 Å². The van der Waals surface area contributed by atoms with Crippen LogP contribution in [0.2, 0.25) is 5.02 Å². The predicted molar refractivity (Wildman–Crippen MR) is 77.5 cm³/mol. The third kappa shape index (κ3) is 3.21. The Morgan fingerprint density at radius 3 is 3.00 bits per heavy atom. The van der Waals surface area contributed by atoms with Gasteiger partial charge in [0.05, 0.1) is 44.7 Å². The quantitative estimate of drug-likeness (QED) is 0.861. The molecule has 2 heterocycles. The number of nitrogens with zero attached hydrogens (tertiary/aromatic N) is 3. The van der Waals surface area contributed by atoms with Gasteiger partial charge in [-0.15, -0.1) is 5.10 Å². The summed E-state index contributed by atoms with van der Waals surface area (Å²) >= 11 is 5.99. The van der Waals surface area contributed by atoms with Crippen molar-refractivity contribution in [1.82, 2.24) is 15.0 Å². The molecule has 1 aromatic carbocycles. The summed E-state index contributed by atoms with van der Waals surface area (Å²) in [5, 5.41) is 8.25. The van der Waals surface area contributed by atoms with Gasteiger partial charge >= 0.3 is 0 Å². The molecule has 0 saturated carbocycles. The maximum absolute atomic E-state index is 13.9. The largest absolute Gasteiger partial charge is 0.492 e. The van der Waals surface area contributed by atoms with Crippen LogP contribution in [0.15, 0.2) is 18.3 Å². The highest BCUT2D eigenvalue weighted by molar-refractivity contribution is 6.32. The lowest BCUT2D eigenvalue weighted by Gasteiger charge is -2.22. The average molecular weight is 328 g/mol. The third-order valence-corrected chi connectivity index (χ3v) is 3.59. The molecule has 1 atom stereocenters. The molecule has 0 amide bonds. The minimum atomic E-state index is -0.538. The number of hydrogen-bond donors (Lipinski definition) is 0. The van der Waals surface area contributed by atoms with Gasteiger partial charge in [-0.3, -0.25) is 0 Å².